The number of aromatic nitrogens is 3. The monoisotopic (exact) mass is 274 g/mol. The van der Waals surface area contributed by atoms with E-state index in [-0.39, 0.29) is 0 Å². The van der Waals surface area contributed by atoms with Gasteiger partial charge in [0.05, 0.1) is 11.8 Å². The van der Waals surface area contributed by atoms with Crippen LogP contribution in [0.4, 0.5) is 5.82 Å². The molecule has 20 heavy (non-hydrogen) atoms. The summed E-state index contributed by atoms with van der Waals surface area (Å²) in [6.07, 6.45) is 7.14. The third-order valence-electron chi connectivity index (χ3n) is 3.93. The molecule has 6 heteroatoms. The van der Waals surface area contributed by atoms with Crippen LogP contribution in [-0.4, -0.2) is 38.2 Å². The van der Waals surface area contributed by atoms with E-state index in [1.54, 1.807) is 12.5 Å². The fourth-order valence-corrected chi connectivity index (χ4v) is 2.88. The maximum Gasteiger partial charge on any atom is 0.326 e. The Morgan fingerprint density at radius 1 is 1.35 bits per heavy atom. The molecule has 1 saturated heterocycles. The van der Waals surface area contributed by atoms with Gasteiger partial charge in [0.15, 0.2) is 5.82 Å². The quantitative estimate of drug-likeness (QED) is 0.904. The molecule has 1 atom stereocenters. The highest BCUT2D eigenvalue weighted by molar-refractivity contribution is 5.89. The third kappa shape index (κ3) is 2.11. The maximum atomic E-state index is 11.5. The van der Waals surface area contributed by atoms with Gasteiger partial charge in [0, 0.05) is 19.8 Å². The lowest BCUT2D eigenvalue weighted by Gasteiger charge is -2.28. The lowest BCUT2D eigenvalue weighted by molar-refractivity contribution is -0.138. The van der Waals surface area contributed by atoms with Crippen molar-refractivity contribution in [2.24, 2.45) is 7.05 Å². The van der Waals surface area contributed by atoms with Gasteiger partial charge in [-0.3, -0.25) is 0 Å². The molecule has 6 nitrogen and oxygen atoms in total. The van der Waals surface area contributed by atoms with Crippen molar-refractivity contribution >= 4 is 22.8 Å². The maximum absolute atomic E-state index is 11.5. The summed E-state index contributed by atoms with van der Waals surface area (Å²) >= 11 is 0. The SMILES string of the molecule is Cn1cnc2c(N3CCCCCC3C(=O)O)nccc21. The first-order valence-corrected chi connectivity index (χ1v) is 6.94. The number of imidazole rings is 1. The van der Waals surface area contributed by atoms with Crippen LogP contribution < -0.4 is 4.90 Å². The Hall–Kier alpha value is -2.11. The van der Waals surface area contributed by atoms with Crippen molar-refractivity contribution in [1.82, 2.24) is 14.5 Å². The highest BCUT2D eigenvalue weighted by atomic mass is 16.4. The number of aryl methyl sites for hydroxylation is 1. The van der Waals surface area contributed by atoms with Crippen LogP contribution in [0, 0.1) is 0 Å². The van der Waals surface area contributed by atoms with Gasteiger partial charge in [-0.1, -0.05) is 12.8 Å². The largest absolute Gasteiger partial charge is 0.480 e. The van der Waals surface area contributed by atoms with Crippen molar-refractivity contribution in [1.29, 1.82) is 0 Å². The number of carbonyl (C=O) groups is 1. The predicted molar refractivity (Wildman–Crippen MR) is 75.7 cm³/mol. The van der Waals surface area contributed by atoms with E-state index in [1.165, 1.54) is 0 Å². The van der Waals surface area contributed by atoms with Gasteiger partial charge in [0.25, 0.3) is 0 Å². The summed E-state index contributed by atoms with van der Waals surface area (Å²) in [5, 5.41) is 9.48. The first kappa shape index (κ1) is 12.9. The van der Waals surface area contributed by atoms with E-state index in [0.29, 0.717) is 12.2 Å². The number of fused-ring (bicyclic) bond motifs is 1. The summed E-state index contributed by atoms with van der Waals surface area (Å²) in [6, 6.07) is 1.40. The Labute approximate surface area is 117 Å². The molecule has 106 valence electrons. The van der Waals surface area contributed by atoms with Crippen molar-refractivity contribution in [3.05, 3.63) is 18.6 Å². The molecule has 2 aromatic rings. The molecule has 0 aliphatic carbocycles. The average molecular weight is 274 g/mol. The summed E-state index contributed by atoms with van der Waals surface area (Å²) in [4.78, 5) is 22.2. The van der Waals surface area contributed by atoms with Crippen molar-refractivity contribution in [2.45, 2.75) is 31.7 Å². The zero-order chi connectivity index (χ0) is 14.1. The molecular formula is C14H18N4O2. The molecule has 1 N–H and O–H groups in total. The van der Waals surface area contributed by atoms with Gasteiger partial charge in [-0.15, -0.1) is 0 Å². The van der Waals surface area contributed by atoms with E-state index in [2.05, 4.69) is 9.97 Å². The molecule has 1 aliphatic rings. The molecule has 2 aromatic heterocycles. The van der Waals surface area contributed by atoms with Crippen LogP contribution >= 0.6 is 0 Å². The van der Waals surface area contributed by atoms with Gasteiger partial charge < -0.3 is 14.6 Å². The first-order valence-electron chi connectivity index (χ1n) is 6.94. The van der Waals surface area contributed by atoms with Crippen molar-refractivity contribution in [2.75, 3.05) is 11.4 Å². The van der Waals surface area contributed by atoms with E-state index in [4.69, 9.17) is 0 Å². The fourth-order valence-electron chi connectivity index (χ4n) is 2.88. The standard InChI is InChI=1S/C14H18N4O2/c1-17-9-16-12-10(17)6-7-15-13(12)18-8-4-2-3-5-11(18)14(19)20/h6-7,9,11H,2-5,8H2,1H3,(H,19,20). The zero-order valence-corrected chi connectivity index (χ0v) is 11.5. The van der Waals surface area contributed by atoms with Gasteiger partial charge in [-0.2, -0.15) is 0 Å². The molecule has 0 aromatic carbocycles. The number of carboxylic acids is 1. The number of hydrogen-bond donors (Lipinski definition) is 1. The van der Waals surface area contributed by atoms with Gasteiger partial charge in [-0.25, -0.2) is 14.8 Å². The Morgan fingerprint density at radius 3 is 3.00 bits per heavy atom. The number of hydrogen-bond acceptors (Lipinski definition) is 4. The topological polar surface area (TPSA) is 71.2 Å². The smallest absolute Gasteiger partial charge is 0.326 e. The van der Waals surface area contributed by atoms with E-state index >= 15 is 0 Å². The second-order valence-electron chi connectivity index (χ2n) is 5.25. The van der Waals surface area contributed by atoms with Crippen LogP contribution in [0.5, 0.6) is 0 Å². The number of pyridine rings is 1. The van der Waals surface area contributed by atoms with Gasteiger partial charge in [0.1, 0.15) is 11.6 Å². The first-order chi connectivity index (χ1) is 9.68. The van der Waals surface area contributed by atoms with Gasteiger partial charge in [0.2, 0.25) is 0 Å². The third-order valence-corrected chi connectivity index (χ3v) is 3.93. The minimum absolute atomic E-state index is 0.502. The number of nitrogens with zero attached hydrogens (tertiary/aromatic N) is 4. The van der Waals surface area contributed by atoms with Gasteiger partial charge >= 0.3 is 5.97 Å². The van der Waals surface area contributed by atoms with Crippen LogP contribution in [0.1, 0.15) is 25.7 Å². The number of carboxylic acid groups (broad SMARTS) is 1. The fraction of sp³-hybridized carbons (Fsp3) is 0.500. The van der Waals surface area contributed by atoms with Crippen molar-refractivity contribution < 1.29 is 9.90 Å². The molecule has 1 aliphatic heterocycles. The molecule has 0 amide bonds. The Bertz CT molecular complexity index is 637. The zero-order valence-electron chi connectivity index (χ0n) is 11.5. The predicted octanol–water partition coefficient (Wildman–Crippen LogP) is 1.80. The molecular weight excluding hydrogens is 256 g/mol. The summed E-state index contributed by atoms with van der Waals surface area (Å²) in [5.74, 6) is -0.0842. The normalized spacial score (nSPS) is 20.1. The molecule has 1 unspecified atom stereocenters. The van der Waals surface area contributed by atoms with E-state index < -0.39 is 12.0 Å². The highest BCUT2D eigenvalue weighted by Gasteiger charge is 2.29. The second-order valence-corrected chi connectivity index (χ2v) is 5.25. The lowest BCUT2D eigenvalue weighted by atomic mass is 10.1. The molecule has 0 spiro atoms. The van der Waals surface area contributed by atoms with Crippen LogP contribution in [0.3, 0.4) is 0 Å². The van der Waals surface area contributed by atoms with Crippen LogP contribution in [0.2, 0.25) is 0 Å². The second kappa shape index (κ2) is 5.11. The van der Waals surface area contributed by atoms with E-state index in [0.717, 1.165) is 36.8 Å². The summed E-state index contributed by atoms with van der Waals surface area (Å²) in [5.41, 5.74) is 1.76. The highest BCUT2D eigenvalue weighted by Crippen LogP contribution is 2.28. The lowest BCUT2D eigenvalue weighted by Crippen LogP contribution is -2.41. The Balaban J connectivity index is 2.09. The minimum atomic E-state index is -0.776. The number of anilines is 1. The number of rotatable bonds is 2. The van der Waals surface area contributed by atoms with Crippen LogP contribution in [0.15, 0.2) is 18.6 Å². The van der Waals surface area contributed by atoms with E-state index in [9.17, 15) is 9.90 Å². The molecule has 3 heterocycles. The summed E-state index contributed by atoms with van der Waals surface area (Å²) < 4.78 is 1.92. The molecule has 0 saturated carbocycles. The van der Waals surface area contributed by atoms with Crippen molar-refractivity contribution in [3.63, 3.8) is 0 Å². The average Bonchev–Trinajstić information content (AvgIpc) is 2.68. The van der Waals surface area contributed by atoms with Gasteiger partial charge in [-0.05, 0) is 18.9 Å². The number of aliphatic carboxylic acids is 1. The van der Waals surface area contributed by atoms with Crippen molar-refractivity contribution in [3.8, 4) is 0 Å². The summed E-state index contributed by atoms with van der Waals surface area (Å²) in [7, 11) is 1.93. The minimum Gasteiger partial charge on any atom is -0.480 e. The molecule has 0 bridgehead atoms. The summed E-state index contributed by atoms with van der Waals surface area (Å²) in [6.45, 7) is 0.722. The Morgan fingerprint density at radius 2 is 2.20 bits per heavy atom. The molecule has 1 fully saturated rings. The van der Waals surface area contributed by atoms with E-state index in [1.807, 2.05) is 22.6 Å². The molecule has 0 radical (unpaired) electrons. The van der Waals surface area contributed by atoms with Crippen LogP contribution in [0.25, 0.3) is 11.0 Å². The molecule has 3 rings (SSSR count). The van der Waals surface area contributed by atoms with Crippen LogP contribution in [-0.2, 0) is 11.8 Å². The Kier molecular flexibility index (Phi) is 3.30.